The smallest absolute Gasteiger partial charge is 0.123 e. The van der Waals surface area contributed by atoms with Crippen LogP contribution in [0.15, 0.2) is 40.2 Å². The Labute approximate surface area is 107 Å². The van der Waals surface area contributed by atoms with Crippen molar-refractivity contribution in [2.24, 2.45) is 0 Å². The van der Waals surface area contributed by atoms with Gasteiger partial charge in [0.15, 0.2) is 0 Å². The second kappa shape index (κ2) is 4.97. The van der Waals surface area contributed by atoms with Gasteiger partial charge in [-0.05, 0) is 51.6 Å². The summed E-state index contributed by atoms with van der Waals surface area (Å²) in [5.74, 6) is -0.200. The fourth-order valence-electron chi connectivity index (χ4n) is 1.44. The normalized spacial score (nSPS) is 10.4. The molecule has 16 heavy (non-hydrogen) atoms. The number of anilines is 1. The highest BCUT2D eigenvalue weighted by molar-refractivity contribution is 9.10. The first-order chi connectivity index (χ1) is 7.66. The Hall–Kier alpha value is -0.870. The molecule has 2 aromatic rings. The summed E-state index contributed by atoms with van der Waals surface area (Å²) in [6.45, 7) is 0.823. The van der Waals surface area contributed by atoms with E-state index in [0.29, 0.717) is 0 Å². The maximum atomic E-state index is 12.8. The van der Waals surface area contributed by atoms with Crippen LogP contribution in [0, 0.1) is 5.82 Å². The molecule has 1 nitrogen and oxygen atoms in total. The zero-order valence-corrected chi connectivity index (χ0v) is 11.2. The topological polar surface area (TPSA) is 3.24 Å². The molecule has 0 bridgehead atoms. The number of rotatable bonds is 3. The second-order valence-corrected chi connectivity index (χ2v) is 5.38. The average Bonchev–Trinajstić information content (AvgIpc) is 2.65. The Bertz CT molecular complexity index is 466. The summed E-state index contributed by atoms with van der Waals surface area (Å²) < 4.78 is 13.9. The Morgan fingerprint density at radius 2 is 1.94 bits per heavy atom. The van der Waals surface area contributed by atoms with Gasteiger partial charge in [-0.25, -0.2) is 4.39 Å². The molecule has 4 heteroatoms. The zero-order chi connectivity index (χ0) is 11.5. The average molecular weight is 300 g/mol. The van der Waals surface area contributed by atoms with E-state index in [4.69, 9.17) is 0 Å². The molecule has 1 aromatic heterocycles. The van der Waals surface area contributed by atoms with E-state index in [-0.39, 0.29) is 5.82 Å². The summed E-state index contributed by atoms with van der Waals surface area (Å²) in [6.07, 6.45) is 0. The third-order valence-electron chi connectivity index (χ3n) is 2.34. The molecule has 0 saturated carbocycles. The number of hydrogen-bond acceptors (Lipinski definition) is 2. The molecular formula is C12H11BrFNS. The number of nitrogens with zero attached hydrogens (tertiary/aromatic N) is 1. The standard InChI is InChI=1S/C12H11BrFNS/c1-15(8-12-11(13)6-7-16-12)10-4-2-9(14)3-5-10/h2-7H,8H2,1H3. The van der Waals surface area contributed by atoms with Crippen molar-refractivity contribution < 1.29 is 4.39 Å². The van der Waals surface area contributed by atoms with Crippen LogP contribution in [0.2, 0.25) is 0 Å². The molecule has 1 heterocycles. The summed E-state index contributed by atoms with van der Waals surface area (Å²) in [7, 11) is 2.00. The van der Waals surface area contributed by atoms with Gasteiger partial charge in [0.2, 0.25) is 0 Å². The van der Waals surface area contributed by atoms with Crippen molar-refractivity contribution >= 4 is 33.0 Å². The molecule has 0 amide bonds. The molecule has 0 unspecified atom stereocenters. The highest BCUT2D eigenvalue weighted by Crippen LogP contribution is 2.25. The van der Waals surface area contributed by atoms with Crippen molar-refractivity contribution in [2.45, 2.75) is 6.54 Å². The summed E-state index contributed by atoms with van der Waals surface area (Å²) in [5, 5.41) is 2.05. The van der Waals surface area contributed by atoms with Gasteiger partial charge < -0.3 is 4.90 Å². The van der Waals surface area contributed by atoms with E-state index in [1.54, 1.807) is 23.5 Å². The molecule has 0 radical (unpaired) electrons. The lowest BCUT2D eigenvalue weighted by atomic mass is 10.3. The molecule has 0 atom stereocenters. The number of benzene rings is 1. The van der Waals surface area contributed by atoms with Crippen LogP contribution >= 0.6 is 27.3 Å². The molecule has 0 aliphatic carbocycles. The second-order valence-electron chi connectivity index (χ2n) is 3.52. The molecule has 0 aliphatic rings. The van der Waals surface area contributed by atoms with Gasteiger partial charge in [0.25, 0.3) is 0 Å². The molecule has 2 rings (SSSR count). The van der Waals surface area contributed by atoms with Crippen molar-refractivity contribution in [1.82, 2.24) is 0 Å². The predicted molar refractivity (Wildman–Crippen MR) is 70.5 cm³/mol. The minimum Gasteiger partial charge on any atom is -0.369 e. The van der Waals surface area contributed by atoms with Gasteiger partial charge in [-0.15, -0.1) is 11.3 Å². The largest absolute Gasteiger partial charge is 0.369 e. The summed E-state index contributed by atoms with van der Waals surface area (Å²) in [6, 6.07) is 8.58. The van der Waals surface area contributed by atoms with Crippen LogP contribution in [0.25, 0.3) is 0 Å². The lowest BCUT2D eigenvalue weighted by Gasteiger charge is -2.18. The third kappa shape index (κ3) is 2.62. The first kappa shape index (κ1) is 11.6. The van der Waals surface area contributed by atoms with Crippen molar-refractivity contribution in [1.29, 1.82) is 0 Å². The van der Waals surface area contributed by atoms with Crippen LogP contribution in [0.3, 0.4) is 0 Å². The van der Waals surface area contributed by atoms with E-state index in [1.165, 1.54) is 17.0 Å². The molecule has 1 aromatic carbocycles. The SMILES string of the molecule is CN(Cc1sccc1Br)c1ccc(F)cc1. The number of hydrogen-bond donors (Lipinski definition) is 0. The van der Waals surface area contributed by atoms with Crippen LogP contribution < -0.4 is 4.90 Å². The fourth-order valence-corrected chi connectivity index (χ4v) is 2.97. The molecule has 0 spiro atoms. The van der Waals surface area contributed by atoms with Gasteiger partial charge in [-0.3, -0.25) is 0 Å². The van der Waals surface area contributed by atoms with E-state index >= 15 is 0 Å². The molecule has 0 saturated heterocycles. The van der Waals surface area contributed by atoms with Gasteiger partial charge >= 0.3 is 0 Å². The van der Waals surface area contributed by atoms with E-state index in [2.05, 4.69) is 26.2 Å². The van der Waals surface area contributed by atoms with Crippen molar-refractivity contribution in [3.63, 3.8) is 0 Å². The quantitative estimate of drug-likeness (QED) is 0.817. The van der Waals surface area contributed by atoms with Gasteiger partial charge in [-0.2, -0.15) is 0 Å². The van der Waals surface area contributed by atoms with Gasteiger partial charge in [0.05, 0.1) is 6.54 Å². The summed E-state index contributed by atoms with van der Waals surface area (Å²) >= 11 is 5.22. The van der Waals surface area contributed by atoms with E-state index in [0.717, 1.165) is 16.7 Å². The van der Waals surface area contributed by atoms with Gasteiger partial charge in [-0.1, -0.05) is 0 Å². The highest BCUT2D eigenvalue weighted by atomic mass is 79.9. The highest BCUT2D eigenvalue weighted by Gasteiger charge is 2.06. The Morgan fingerprint density at radius 1 is 1.25 bits per heavy atom. The summed E-state index contributed by atoms with van der Waals surface area (Å²) in [5.41, 5.74) is 1.02. The molecule has 0 fully saturated rings. The maximum absolute atomic E-state index is 12.8. The van der Waals surface area contributed by atoms with Gasteiger partial charge in [0.1, 0.15) is 5.82 Å². The van der Waals surface area contributed by atoms with Crippen LogP contribution in [0.4, 0.5) is 10.1 Å². The predicted octanol–water partition coefficient (Wildman–Crippen LogP) is 4.29. The minimum absolute atomic E-state index is 0.200. The first-order valence-electron chi connectivity index (χ1n) is 4.85. The van der Waals surface area contributed by atoms with Crippen molar-refractivity contribution in [2.75, 3.05) is 11.9 Å². The molecular weight excluding hydrogens is 289 g/mol. The van der Waals surface area contributed by atoms with Gasteiger partial charge in [0, 0.05) is 22.1 Å². The zero-order valence-electron chi connectivity index (χ0n) is 8.78. The molecule has 0 aliphatic heterocycles. The van der Waals surface area contributed by atoms with Crippen molar-refractivity contribution in [3.8, 4) is 0 Å². The molecule has 84 valence electrons. The monoisotopic (exact) mass is 299 g/mol. The third-order valence-corrected chi connectivity index (χ3v) is 4.25. The first-order valence-corrected chi connectivity index (χ1v) is 6.52. The summed E-state index contributed by atoms with van der Waals surface area (Å²) in [4.78, 5) is 3.36. The Balaban J connectivity index is 2.11. The fraction of sp³-hybridized carbons (Fsp3) is 0.167. The maximum Gasteiger partial charge on any atom is 0.123 e. The van der Waals surface area contributed by atoms with E-state index in [9.17, 15) is 4.39 Å². The number of halogens is 2. The van der Waals surface area contributed by atoms with E-state index in [1.807, 2.05) is 13.1 Å². The number of thiophene rings is 1. The Morgan fingerprint density at radius 3 is 2.50 bits per heavy atom. The lowest BCUT2D eigenvalue weighted by Crippen LogP contribution is -2.15. The minimum atomic E-state index is -0.200. The van der Waals surface area contributed by atoms with E-state index < -0.39 is 0 Å². The van der Waals surface area contributed by atoms with Crippen LogP contribution in [0.1, 0.15) is 4.88 Å². The van der Waals surface area contributed by atoms with Crippen LogP contribution in [-0.4, -0.2) is 7.05 Å². The lowest BCUT2D eigenvalue weighted by molar-refractivity contribution is 0.627. The van der Waals surface area contributed by atoms with Crippen LogP contribution in [0.5, 0.6) is 0 Å². The van der Waals surface area contributed by atoms with Crippen molar-refractivity contribution in [3.05, 3.63) is 50.9 Å². The van der Waals surface area contributed by atoms with Crippen LogP contribution in [-0.2, 0) is 6.54 Å². The Kier molecular flexibility index (Phi) is 3.61. The molecule has 0 N–H and O–H groups in total.